The van der Waals surface area contributed by atoms with E-state index in [0.29, 0.717) is 40.3 Å². The van der Waals surface area contributed by atoms with Gasteiger partial charge in [0.25, 0.3) is 0 Å². The van der Waals surface area contributed by atoms with Crippen LogP contribution in [0.4, 0.5) is 0 Å². The Balaban J connectivity index is 1.82. The van der Waals surface area contributed by atoms with Gasteiger partial charge in [0.1, 0.15) is 35.4 Å². The Kier molecular flexibility index (Phi) is 7.99. The second kappa shape index (κ2) is 11.4. The van der Waals surface area contributed by atoms with Gasteiger partial charge in [-0.1, -0.05) is 24.3 Å². The van der Waals surface area contributed by atoms with Crippen LogP contribution in [0.5, 0.6) is 11.5 Å². The van der Waals surface area contributed by atoms with Crippen molar-refractivity contribution < 1.29 is 23.5 Å². The molecule has 4 rings (SSSR count). The summed E-state index contributed by atoms with van der Waals surface area (Å²) in [5.41, 5.74) is 1.36. The second-order valence-corrected chi connectivity index (χ2v) is 9.57. The molecule has 38 heavy (non-hydrogen) atoms. The first-order valence-corrected chi connectivity index (χ1v) is 12.4. The number of hydrogen-bond acceptors (Lipinski definition) is 7. The number of nitrogens with zero attached hydrogens (tertiary/aromatic N) is 4. The molecule has 0 saturated heterocycles. The zero-order chi connectivity index (χ0) is 27.3. The Hall–Kier alpha value is -4.34. The Morgan fingerprint density at radius 1 is 1.11 bits per heavy atom. The van der Waals surface area contributed by atoms with Crippen molar-refractivity contribution in [1.82, 2.24) is 25.2 Å². The van der Waals surface area contributed by atoms with Crippen LogP contribution in [0.25, 0.3) is 11.0 Å². The number of rotatable bonds is 11. The third-order valence-electron chi connectivity index (χ3n) is 6.57. The summed E-state index contributed by atoms with van der Waals surface area (Å²) < 4.78 is 18.2. The van der Waals surface area contributed by atoms with Gasteiger partial charge >= 0.3 is 0 Å². The van der Waals surface area contributed by atoms with E-state index in [2.05, 4.69) is 15.6 Å². The molecule has 2 heterocycles. The van der Waals surface area contributed by atoms with Gasteiger partial charge < -0.3 is 24.1 Å². The molecule has 2 amide bonds. The molecule has 1 atom stereocenters. The minimum absolute atomic E-state index is 0.0451. The number of furan rings is 1. The maximum Gasteiger partial charge on any atom is 0.248 e. The number of methoxy groups -OCH3 is 2. The predicted molar refractivity (Wildman–Crippen MR) is 142 cm³/mol. The van der Waals surface area contributed by atoms with Crippen molar-refractivity contribution in [2.75, 3.05) is 14.2 Å². The predicted octanol–water partition coefficient (Wildman–Crippen LogP) is 4.12. The fourth-order valence-electron chi connectivity index (χ4n) is 4.14. The fraction of sp³-hybridized carbons (Fsp3) is 0.357. The van der Waals surface area contributed by atoms with Gasteiger partial charge in [0, 0.05) is 11.1 Å². The average Bonchev–Trinajstić information content (AvgIpc) is 3.58. The minimum atomic E-state index is -1.06. The van der Waals surface area contributed by atoms with Gasteiger partial charge in [-0.2, -0.15) is 0 Å². The van der Waals surface area contributed by atoms with Crippen LogP contribution in [0.3, 0.4) is 0 Å². The molecule has 2 aromatic heterocycles. The summed E-state index contributed by atoms with van der Waals surface area (Å²) >= 11 is 0. The zero-order valence-electron chi connectivity index (χ0n) is 22.3. The van der Waals surface area contributed by atoms with E-state index in [1.165, 1.54) is 23.0 Å². The number of benzene rings is 2. The minimum Gasteiger partial charge on any atom is -0.497 e. The van der Waals surface area contributed by atoms with Crippen LogP contribution in [-0.4, -0.2) is 51.5 Å². The standard InChI is InChI=1S/C28H33N5O5/c1-6-28(2,3)29-27(35)26(21-16-19(36-4)13-14-24(21)37-5)32(17-20-10-9-15-38-20)25(34)18-33-23-12-8-7-11-22(23)30-31-33/h7-16,26H,6,17-18H2,1-5H3,(H,29,35)/t26-/m0/s1. The lowest BCUT2D eigenvalue weighted by atomic mass is 9.97. The van der Waals surface area contributed by atoms with E-state index in [1.807, 2.05) is 45.0 Å². The molecule has 10 nitrogen and oxygen atoms in total. The highest BCUT2D eigenvalue weighted by molar-refractivity contribution is 5.90. The zero-order valence-corrected chi connectivity index (χ0v) is 22.3. The summed E-state index contributed by atoms with van der Waals surface area (Å²) in [7, 11) is 3.07. The first-order valence-electron chi connectivity index (χ1n) is 12.4. The average molecular weight is 520 g/mol. The Labute approximate surface area is 221 Å². The third kappa shape index (κ3) is 5.80. The van der Waals surface area contributed by atoms with E-state index >= 15 is 0 Å². The van der Waals surface area contributed by atoms with E-state index in [0.717, 1.165) is 0 Å². The molecule has 1 N–H and O–H groups in total. The molecular weight excluding hydrogens is 486 g/mol. The quantitative estimate of drug-likeness (QED) is 0.317. The van der Waals surface area contributed by atoms with Crippen molar-refractivity contribution in [3.63, 3.8) is 0 Å². The van der Waals surface area contributed by atoms with Crippen molar-refractivity contribution in [3.05, 3.63) is 72.2 Å². The molecule has 0 saturated carbocycles. The number of carbonyl (C=O) groups excluding carboxylic acids is 2. The topological polar surface area (TPSA) is 112 Å². The van der Waals surface area contributed by atoms with Crippen LogP contribution >= 0.6 is 0 Å². The van der Waals surface area contributed by atoms with Crippen LogP contribution in [0.15, 0.2) is 65.3 Å². The Morgan fingerprint density at radius 3 is 2.58 bits per heavy atom. The Bertz CT molecular complexity index is 1400. The lowest BCUT2D eigenvalue weighted by Crippen LogP contribution is -2.50. The first-order chi connectivity index (χ1) is 18.3. The first kappa shape index (κ1) is 26.7. The van der Waals surface area contributed by atoms with Crippen molar-refractivity contribution in [2.24, 2.45) is 0 Å². The molecule has 0 fully saturated rings. The highest BCUT2D eigenvalue weighted by Crippen LogP contribution is 2.35. The second-order valence-electron chi connectivity index (χ2n) is 9.57. The number of carbonyl (C=O) groups is 2. The van der Waals surface area contributed by atoms with Gasteiger partial charge in [-0.15, -0.1) is 5.10 Å². The maximum atomic E-state index is 14.0. The smallest absolute Gasteiger partial charge is 0.248 e. The molecule has 0 unspecified atom stereocenters. The number of amides is 2. The molecule has 200 valence electrons. The number of fused-ring (bicyclic) bond motifs is 1. The number of ether oxygens (including phenoxy) is 2. The summed E-state index contributed by atoms with van der Waals surface area (Å²) in [5, 5.41) is 11.4. The lowest BCUT2D eigenvalue weighted by molar-refractivity contribution is -0.143. The van der Waals surface area contributed by atoms with E-state index in [1.54, 1.807) is 37.4 Å². The van der Waals surface area contributed by atoms with E-state index in [4.69, 9.17) is 13.9 Å². The third-order valence-corrected chi connectivity index (χ3v) is 6.57. The lowest BCUT2D eigenvalue weighted by Gasteiger charge is -2.34. The van der Waals surface area contributed by atoms with Crippen LogP contribution in [0.1, 0.15) is 44.6 Å². The molecule has 4 aromatic rings. The monoisotopic (exact) mass is 519 g/mol. The van der Waals surface area contributed by atoms with Crippen molar-refractivity contribution in [1.29, 1.82) is 0 Å². The van der Waals surface area contributed by atoms with Gasteiger partial charge in [0.2, 0.25) is 11.8 Å². The fourth-order valence-corrected chi connectivity index (χ4v) is 4.14. The normalized spacial score (nSPS) is 12.2. The summed E-state index contributed by atoms with van der Waals surface area (Å²) in [6.45, 7) is 5.77. The number of para-hydroxylation sites is 1. The van der Waals surface area contributed by atoms with Gasteiger partial charge in [-0.05, 0) is 62.7 Å². The highest BCUT2D eigenvalue weighted by atomic mass is 16.5. The number of hydrogen-bond donors (Lipinski definition) is 1. The molecule has 10 heteroatoms. The molecule has 0 aliphatic heterocycles. The van der Waals surface area contributed by atoms with E-state index in [9.17, 15) is 9.59 Å². The van der Waals surface area contributed by atoms with Gasteiger partial charge in [-0.3, -0.25) is 9.59 Å². The van der Waals surface area contributed by atoms with Crippen LogP contribution in [-0.2, 0) is 22.7 Å². The molecular formula is C28H33N5O5. The molecule has 0 aliphatic carbocycles. The van der Waals surface area contributed by atoms with E-state index in [-0.39, 0.29) is 24.9 Å². The summed E-state index contributed by atoms with van der Waals surface area (Å²) in [6.07, 6.45) is 2.22. The van der Waals surface area contributed by atoms with Crippen LogP contribution in [0.2, 0.25) is 0 Å². The maximum absolute atomic E-state index is 14.0. The summed E-state index contributed by atoms with van der Waals surface area (Å²) in [5.74, 6) is 0.795. The molecule has 0 radical (unpaired) electrons. The van der Waals surface area contributed by atoms with Crippen LogP contribution in [0, 0.1) is 0 Å². The van der Waals surface area contributed by atoms with Gasteiger partial charge in [0.05, 0.1) is 32.5 Å². The molecule has 0 bridgehead atoms. The van der Waals surface area contributed by atoms with Crippen molar-refractivity contribution in [3.8, 4) is 11.5 Å². The molecule has 2 aromatic carbocycles. The Morgan fingerprint density at radius 2 is 1.89 bits per heavy atom. The van der Waals surface area contributed by atoms with Gasteiger partial charge in [-0.25, -0.2) is 4.68 Å². The van der Waals surface area contributed by atoms with Crippen LogP contribution < -0.4 is 14.8 Å². The van der Waals surface area contributed by atoms with Gasteiger partial charge in [0.15, 0.2) is 0 Å². The van der Waals surface area contributed by atoms with Crippen molar-refractivity contribution in [2.45, 2.75) is 51.9 Å². The SMILES string of the molecule is CCC(C)(C)NC(=O)[C@H](c1cc(OC)ccc1OC)N(Cc1ccco1)C(=O)Cn1nnc2ccccc21. The molecule has 0 aliphatic rings. The largest absolute Gasteiger partial charge is 0.497 e. The number of aromatic nitrogens is 3. The number of nitrogens with one attached hydrogen (secondary N) is 1. The van der Waals surface area contributed by atoms with E-state index < -0.39 is 11.6 Å². The highest BCUT2D eigenvalue weighted by Gasteiger charge is 2.37. The summed E-state index contributed by atoms with van der Waals surface area (Å²) in [6, 6.07) is 15.0. The van der Waals surface area contributed by atoms with Crippen molar-refractivity contribution >= 4 is 22.8 Å². The molecule has 0 spiro atoms. The summed E-state index contributed by atoms with van der Waals surface area (Å²) in [4.78, 5) is 29.5.